The van der Waals surface area contributed by atoms with Crippen LogP contribution in [0.2, 0.25) is 0 Å². The highest BCUT2D eigenvalue weighted by atomic mass is 16.4. The number of imidazole rings is 1. The van der Waals surface area contributed by atoms with E-state index in [1.54, 1.807) is 19.4 Å². The molecule has 0 aliphatic heterocycles. The van der Waals surface area contributed by atoms with Crippen molar-refractivity contribution in [2.75, 3.05) is 0 Å². The van der Waals surface area contributed by atoms with Crippen molar-refractivity contribution in [2.24, 2.45) is 5.92 Å². The molecule has 1 aromatic rings. The number of rotatable bonds is 4. The molecule has 1 aliphatic rings. The fourth-order valence-electron chi connectivity index (χ4n) is 1.92. The van der Waals surface area contributed by atoms with Crippen LogP contribution in [0.3, 0.4) is 0 Å². The molecule has 0 radical (unpaired) electrons. The fraction of sp³-hybridized carbons (Fsp3) is 0.636. The molecule has 15 heavy (non-hydrogen) atoms. The number of aromatic nitrogens is 2. The first-order valence-electron chi connectivity index (χ1n) is 5.41. The van der Waals surface area contributed by atoms with Crippen LogP contribution in [0.1, 0.15) is 37.8 Å². The van der Waals surface area contributed by atoms with Gasteiger partial charge in [-0.15, -0.1) is 0 Å². The van der Waals surface area contributed by atoms with Crippen molar-refractivity contribution >= 4 is 5.97 Å². The Labute approximate surface area is 88.9 Å². The topological polar surface area (TPSA) is 55.1 Å². The molecule has 2 rings (SSSR count). The van der Waals surface area contributed by atoms with E-state index in [1.165, 1.54) is 19.3 Å². The van der Waals surface area contributed by atoms with Gasteiger partial charge in [0.15, 0.2) is 0 Å². The summed E-state index contributed by atoms with van der Waals surface area (Å²) in [6.45, 7) is 2.63. The molecule has 1 N–H and O–H groups in total. The van der Waals surface area contributed by atoms with E-state index in [-0.39, 0.29) is 0 Å². The zero-order chi connectivity index (χ0) is 10.8. The molecule has 1 fully saturated rings. The highest BCUT2D eigenvalue weighted by Gasteiger charge is 2.22. The van der Waals surface area contributed by atoms with E-state index in [4.69, 9.17) is 5.11 Å². The van der Waals surface area contributed by atoms with E-state index in [0.29, 0.717) is 0 Å². The second-order valence-electron chi connectivity index (χ2n) is 4.33. The van der Waals surface area contributed by atoms with E-state index in [1.807, 2.05) is 4.57 Å². The number of nitrogens with zero attached hydrogens (tertiary/aromatic N) is 2. The normalized spacial score (nSPS) is 18.5. The predicted octanol–water partition coefficient (Wildman–Crippen LogP) is 1.87. The predicted molar refractivity (Wildman–Crippen MR) is 55.6 cm³/mol. The summed E-state index contributed by atoms with van der Waals surface area (Å²) in [6.07, 6.45) is 7.24. The Kier molecular flexibility index (Phi) is 2.75. The highest BCUT2D eigenvalue weighted by Crippen LogP contribution is 2.29. The van der Waals surface area contributed by atoms with Crippen molar-refractivity contribution in [3.8, 4) is 0 Å². The number of hydrogen-bond donors (Lipinski definition) is 1. The van der Waals surface area contributed by atoms with E-state index >= 15 is 0 Å². The lowest BCUT2D eigenvalue weighted by molar-refractivity contribution is -0.138. The summed E-state index contributed by atoms with van der Waals surface area (Å²) >= 11 is 0. The minimum absolute atomic E-state index is 0.465. The van der Waals surface area contributed by atoms with Gasteiger partial charge in [-0.1, -0.05) is 6.42 Å². The monoisotopic (exact) mass is 208 g/mol. The van der Waals surface area contributed by atoms with Gasteiger partial charge in [0.05, 0.1) is 17.9 Å². The van der Waals surface area contributed by atoms with Crippen LogP contribution in [0.5, 0.6) is 0 Å². The van der Waals surface area contributed by atoms with Gasteiger partial charge in [-0.2, -0.15) is 0 Å². The third kappa shape index (κ3) is 2.03. The largest absolute Gasteiger partial charge is 0.481 e. The van der Waals surface area contributed by atoms with Crippen LogP contribution in [0.15, 0.2) is 12.5 Å². The van der Waals surface area contributed by atoms with Gasteiger partial charge in [-0.05, 0) is 25.7 Å². The summed E-state index contributed by atoms with van der Waals surface area (Å²) < 4.78 is 1.99. The summed E-state index contributed by atoms with van der Waals surface area (Å²) in [6, 6.07) is 0. The summed E-state index contributed by atoms with van der Waals surface area (Å²) in [4.78, 5) is 14.9. The van der Waals surface area contributed by atoms with Gasteiger partial charge in [-0.25, -0.2) is 4.98 Å². The lowest BCUT2D eigenvalue weighted by Crippen LogP contribution is -2.21. The van der Waals surface area contributed by atoms with Crippen LogP contribution >= 0.6 is 0 Å². The van der Waals surface area contributed by atoms with Gasteiger partial charge in [0.1, 0.15) is 0 Å². The maximum Gasteiger partial charge on any atom is 0.312 e. The molecule has 0 spiro atoms. The standard InChI is InChI=1S/C11H16N2O2/c1-8(11(14)15)10-5-12-7-13(10)6-9-3-2-4-9/h5,7-9H,2-4,6H2,1H3,(H,14,15). The number of carboxylic acids is 1. The Balaban J connectivity index is 2.10. The van der Waals surface area contributed by atoms with Crippen molar-refractivity contribution in [2.45, 2.75) is 38.6 Å². The first-order valence-corrected chi connectivity index (χ1v) is 5.41. The molecule has 0 saturated heterocycles. The Morgan fingerprint density at radius 1 is 1.73 bits per heavy atom. The number of hydrogen-bond acceptors (Lipinski definition) is 2. The second-order valence-corrected chi connectivity index (χ2v) is 4.33. The van der Waals surface area contributed by atoms with Crippen molar-refractivity contribution in [1.82, 2.24) is 9.55 Å². The third-order valence-corrected chi connectivity index (χ3v) is 3.24. The smallest absolute Gasteiger partial charge is 0.312 e. The van der Waals surface area contributed by atoms with Gasteiger partial charge in [-0.3, -0.25) is 4.79 Å². The molecule has 0 aromatic carbocycles. The Hall–Kier alpha value is -1.32. The lowest BCUT2D eigenvalue weighted by Gasteiger charge is -2.26. The second kappa shape index (κ2) is 4.04. The molecule has 0 amide bonds. The van der Waals surface area contributed by atoms with Gasteiger partial charge in [0.25, 0.3) is 0 Å². The molecule has 82 valence electrons. The van der Waals surface area contributed by atoms with Gasteiger partial charge >= 0.3 is 5.97 Å². The maximum atomic E-state index is 10.9. The van der Waals surface area contributed by atoms with Crippen LogP contribution in [-0.2, 0) is 11.3 Å². The first kappa shape index (κ1) is 10.2. The average Bonchev–Trinajstić information content (AvgIpc) is 2.57. The minimum atomic E-state index is -0.787. The minimum Gasteiger partial charge on any atom is -0.481 e. The van der Waals surface area contributed by atoms with Crippen LogP contribution < -0.4 is 0 Å². The van der Waals surface area contributed by atoms with E-state index in [0.717, 1.165) is 18.2 Å². The van der Waals surface area contributed by atoms with Crippen LogP contribution in [0, 0.1) is 5.92 Å². The van der Waals surface area contributed by atoms with E-state index in [2.05, 4.69) is 4.98 Å². The maximum absolute atomic E-state index is 10.9. The number of carboxylic acid groups (broad SMARTS) is 1. The van der Waals surface area contributed by atoms with Crippen LogP contribution in [0.25, 0.3) is 0 Å². The zero-order valence-electron chi connectivity index (χ0n) is 8.89. The molecule has 1 saturated carbocycles. The number of aliphatic carboxylic acids is 1. The van der Waals surface area contributed by atoms with Gasteiger partial charge in [0, 0.05) is 12.7 Å². The molecular formula is C11H16N2O2. The Bertz CT molecular complexity index is 355. The van der Waals surface area contributed by atoms with Crippen molar-refractivity contribution in [3.05, 3.63) is 18.2 Å². The Morgan fingerprint density at radius 3 is 3.00 bits per heavy atom. The van der Waals surface area contributed by atoms with Crippen LogP contribution in [-0.4, -0.2) is 20.6 Å². The summed E-state index contributed by atoms with van der Waals surface area (Å²) in [5.74, 6) is -0.531. The molecular weight excluding hydrogens is 192 g/mol. The van der Waals surface area contributed by atoms with Gasteiger partial charge in [0.2, 0.25) is 0 Å². The lowest BCUT2D eigenvalue weighted by atomic mass is 9.85. The summed E-state index contributed by atoms with van der Waals surface area (Å²) in [5, 5.41) is 8.94. The number of carbonyl (C=O) groups is 1. The zero-order valence-corrected chi connectivity index (χ0v) is 8.89. The molecule has 1 atom stereocenters. The quantitative estimate of drug-likeness (QED) is 0.821. The summed E-state index contributed by atoms with van der Waals surface area (Å²) in [7, 11) is 0. The molecule has 0 bridgehead atoms. The highest BCUT2D eigenvalue weighted by molar-refractivity contribution is 5.74. The van der Waals surface area contributed by atoms with Gasteiger partial charge < -0.3 is 9.67 Å². The van der Waals surface area contributed by atoms with E-state index < -0.39 is 11.9 Å². The molecule has 1 aliphatic carbocycles. The van der Waals surface area contributed by atoms with Crippen LogP contribution in [0.4, 0.5) is 0 Å². The third-order valence-electron chi connectivity index (χ3n) is 3.24. The summed E-state index contributed by atoms with van der Waals surface area (Å²) in [5.41, 5.74) is 0.814. The average molecular weight is 208 g/mol. The fourth-order valence-corrected chi connectivity index (χ4v) is 1.92. The molecule has 1 aromatic heterocycles. The molecule has 1 unspecified atom stereocenters. The molecule has 4 heteroatoms. The Morgan fingerprint density at radius 2 is 2.47 bits per heavy atom. The SMILES string of the molecule is CC(C(=O)O)c1cncn1CC1CCC1. The molecule has 4 nitrogen and oxygen atoms in total. The first-order chi connectivity index (χ1) is 7.18. The van der Waals surface area contributed by atoms with Crippen molar-refractivity contribution in [3.63, 3.8) is 0 Å². The molecule has 1 heterocycles. The van der Waals surface area contributed by atoms with E-state index in [9.17, 15) is 4.79 Å². The van der Waals surface area contributed by atoms with Crippen molar-refractivity contribution < 1.29 is 9.90 Å². The van der Waals surface area contributed by atoms with Crippen molar-refractivity contribution in [1.29, 1.82) is 0 Å².